The number of thioether (sulfide) groups is 3. The Morgan fingerprint density at radius 3 is 0.955 bits per heavy atom. The number of carbonyl (C=O) groups is 3. The molecule has 0 saturated carbocycles. The molecular formula is C51H69N3O9S3. The molecule has 0 heterocycles. The summed E-state index contributed by atoms with van der Waals surface area (Å²) in [6, 6.07) is 14.3. The second-order valence-corrected chi connectivity index (χ2v) is 19.3. The van der Waals surface area contributed by atoms with Crippen molar-refractivity contribution in [1.29, 1.82) is 0 Å². The van der Waals surface area contributed by atoms with Crippen molar-refractivity contribution in [2.75, 3.05) is 38.6 Å². The topological polar surface area (TPSA) is 176 Å². The standard InChI is InChI=1S/C51H69N3O9S3/c1-10-37-40(25-64-28-43(49(58)61-7)52-22-34-19-31(4)13-16-46(34)55)38(11-2)42(27-66-30-45(51(60)63-9)54-24-36-21-33(6)15-18-48(36)57)39(12-3)41(37)26-65-29-44(50(59)62-8)53-23-35-20-32(5)14-17-47(35)56/h13-21,43-45,52-57H,10-12,22-30H2,1-9H3/t43-,44-,45-/m1/s1. The van der Waals surface area contributed by atoms with E-state index in [1.807, 2.05) is 57.2 Å². The lowest BCUT2D eigenvalue weighted by Crippen LogP contribution is -2.39. The van der Waals surface area contributed by atoms with Crippen LogP contribution in [0.5, 0.6) is 17.2 Å². The molecule has 3 atom stereocenters. The highest BCUT2D eigenvalue weighted by Gasteiger charge is 2.27. The summed E-state index contributed by atoms with van der Waals surface area (Å²) in [4.78, 5) is 39.3. The maximum atomic E-state index is 13.1. The largest absolute Gasteiger partial charge is 0.508 e. The lowest BCUT2D eigenvalue weighted by molar-refractivity contribution is -0.143. The second-order valence-electron chi connectivity index (χ2n) is 16.2. The Labute approximate surface area is 404 Å². The van der Waals surface area contributed by atoms with E-state index in [4.69, 9.17) is 14.2 Å². The van der Waals surface area contributed by atoms with Crippen molar-refractivity contribution >= 4 is 53.2 Å². The van der Waals surface area contributed by atoms with E-state index < -0.39 is 18.1 Å². The Balaban J connectivity index is 1.66. The highest BCUT2D eigenvalue weighted by atomic mass is 32.2. The zero-order valence-electron chi connectivity index (χ0n) is 39.9. The van der Waals surface area contributed by atoms with Crippen molar-refractivity contribution in [3.05, 3.63) is 121 Å². The van der Waals surface area contributed by atoms with Crippen LogP contribution in [0.4, 0.5) is 0 Å². The lowest BCUT2D eigenvalue weighted by Gasteiger charge is -2.27. The van der Waals surface area contributed by atoms with Crippen LogP contribution in [0.3, 0.4) is 0 Å². The van der Waals surface area contributed by atoms with Crippen LogP contribution in [-0.2, 0) is 84.7 Å². The molecule has 0 fully saturated rings. The monoisotopic (exact) mass is 963 g/mol. The van der Waals surface area contributed by atoms with Crippen molar-refractivity contribution in [3.63, 3.8) is 0 Å². The van der Waals surface area contributed by atoms with Crippen LogP contribution in [0.2, 0.25) is 0 Å². The molecule has 4 aromatic rings. The van der Waals surface area contributed by atoms with Gasteiger partial charge in [0.2, 0.25) is 0 Å². The Kier molecular flexibility index (Phi) is 22.5. The average Bonchev–Trinajstić information content (AvgIpc) is 3.31. The number of rotatable bonds is 27. The third kappa shape index (κ3) is 15.3. The van der Waals surface area contributed by atoms with E-state index in [9.17, 15) is 29.7 Å². The summed E-state index contributed by atoms with van der Waals surface area (Å²) in [6.45, 7) is 13.3. The summed E-state index contributed by atoms with van der Waals surface area (Å²) >= 11 is 4.96. The van der Waals surface area contributed by atoms with Crippen molar-refractivity contribution < 1.29 is 43.9 Å². The fourth-order valence-electron chi connectivity index (χ4n) is 8.06. The number of hydrogen-bond acceptors (Lipinski definition) is 15. The van der Waals surface area contributed by atoms with E-state index in [1.54, 1.807) is 53.5 Å². The van der Waals surface area contributed by atoms with Crippen LogP contribution in [0.25, 0.3) is 0 Å². The van der Waals surface area contributed by atoms with Crippen LogP contribution < -0.4 is 16.0 Å². The first kappa shape index (κ1) is 54.2. The van der Waals surface area contributed by atoms with Gasteiger partial charge in [-0.3, -0.25) is 30.3 Å². The number of nitrogens with one attached hydrogen (secondary N) is 3. The van der Waals surface area contributed by atoms with Crippen molar-refractivity contribution in [2.24, 2.45) is 0 Å². The number of methoxy groups -OCH3 is 3. The van der Waals surface area contributed by atoms with Gasteiger partial charge >= 0.3 is 17.9 Å². The Bertz CT molecular complexity index is 1990. The molecule has 66 heavy (non-hydrogen) atoms. The van der Waals surface area contributed by atoms with E-state index in [-0.39, 0.29) is 35.2 Å². The number of aryl methyl sites for hydroxylation is 3. The van der Waals surface area contributed by atoms with E-state index in [2.05, 4.69) is 36.7 Å². The van der Waals surface area contributed by atoms with Gasteiger partial charge in [-0.2, -0.15) is 35.3 Å². The molecule has 0 amide bonds. The molecule has 6 N–H and O–H groups in total. The molecule has 0 unspecified atom stereocenters. The van der Waals surface area contributed by atoms with Crippen LogP contribution in [0.15, 0.2) is 54.6 Å². The average molecular weight is 964 g/mol. The number of ether oxygens (including phenoxy) is 3. The fraction of sp³-hybridized carbons (Fsp3) is 0.471. The third-order valence-electron chi connectivity index (χ3n) is 11.6. The molecule has 0 aliphatic carbocycles. The van der Waals surface area contributed by atoms with Gasteiger partial charge in [-0.05, 0) is 91.6 Å². The number of esters is 3. The fourth-order valence-corrected chi connectivity index (χ4v) is 11.5. The second kappa shape index (κ2) is 27.4. The summed E-state index contributed by atoms with van der Waals surface area (Å²) in [5.41, 5.74) is 12.6. The number of benzene rings is 4. The summed E-state index contributed by atoms with van der Waals surface area (Å²) < 4.78 is 15.6. The van der Waals surface area contributed by atoms with Crippen molar-refractivity contribution in [2.45, 2.75) is 116 Å². The minimum atomic E-state index is -0.621. The maximum absolute atomic E-state index is 13.1. The van der Waals surface area contributed by atoms with Crippen molar-refractivity contribution in [3.8, 4) is 17.2 Å². The van der Waals surface area contributed by atoms with Gasteiger partial charge in [-0.25, -0.2) is 0 Å². The third-order valence-corrected chi connectivity index (χ3v) is 14.8. The molecule has 0 spiro atoms. The number of aromatic hydroxyl groups is 3. The summed E-state index contributed by atoms with van der Waals surface area (Å²) in [7, 11) is 4.15. The van der Waals surface area contributed by atoms with E-state index in [0.717, 1.165) is 36.0 Å². The molecule has 15 heteroatoms. The van der Waals surface area contributed by atoms with Crippen LogP contribution >= 0.6 is 35.3 Å². The predicted octanol–water partition coefficient (Wildman–Crippen LogP) is 8.11. The summed E-state index contributed by atoms with van der Waals surface area (Å²) in [6.07, 6.45) is 2.32. The molecule has 0 aromatic heterocycles. The van der Waals surface area contributed by atoms with Gasteiger partial charge in [-0.15, -0.1) is 0 Å². The first-order valence-electron chi connectivity index (χ1n) is 22.4. The van der Waals surface area contributed by atoms with Gasteiger partial charge < -0.3 is 29.5 Å². The molecule has 0 aliphatic heterocycles. The number of phenols is 3. The normalized spacial score (nSPS) is 12.7. The predicted molar refractivity (Wildman–Crippen MR) is 270 cm³/mol. The molecule has 0 saturated heterocycles. The maximum Gasteiger partial charge on any atom is 0.323 e. The zero-order valence-corrected chi connectivity index (χ0v) is 42.4. The molecule has 4 rings (SSSR count). The molecule has 0 bridgehead atoms. The van der Waals surface area contributed by atoms with Gasteiger partial charge in [0, 0.05) is 70.8 Å². The first-order chi connectivity index (χ1) is 31.7. The molecule has 12 nitrogen and oxygen atoms in total. The Morgan fingerprint density at radius 2 is 0.727 bits per heavy atom. The minimum Gasteiger partial charge on any atom is -0.508 e. The van der Waals surface area contributed by atoms with Gasteiger partial charge in [0.05, 0.1) is 21.3 Å². The molecule has 360 valence electrons. The van der Waals surface area contributed by atoms with Crippen LogP contribution in [0.1, 0.15) is 87.5 Å². The highest BCUT2D eigenvalue weighted by Crippen LogP contribution is 2.37. The van der Waals surface area contributed by atoms with Gasteiger partial charge in [0.1, 0.15) is 35.4 Å². The first-order valence-corrected chi connectivity index (χ1v) is 25.9. The minimum absolute atomic E-state index is 0.162. The quantitative estimate of drug-likeness (QED) is 0.0250. The van der Waals surface area contributed by atoms with Crippen molar-refractivity contribution in [1.82, 2.24) is 16.0 Å². The summed E-state index contributed by atoms with van der Waals surface area (Å²) in [5.74, 6) is 2.54. The highest BCUT2D eigenvalue weighted by molar-refractivity contribution is 7.99. The smallest absolute Gasteiger partial charge is 0.323 e. The van der Waals surface area contributed by atoms with Crippen LogP contribution in [-0.4, -0.2) is 89.9 Å². The number of phenolic OH excluding ortho intramolecular Hbond substituents is 3. The SMILES string of the molecule is CCc1c(CSC[C@@H](NCc2cc(C)ccc2O)C(=O)OC)c(CC)c(CSC[C@@H](NCc2cc(C)ccc2O)C(=O)OC)c(CC)c1CSC[C@@H](NCc1cc(C)ccc1O)C(=O)OC. The lowest BCUT2D eigenvalue weighted by atomic mass is 9.85. The Morgan fingerprint density at radius 1 is 0.470 bits per heavy atom. The molecule has 4 aromatic carbocycles. The molecular weight excluding hydrogens is 895 g/mol. The molecule has 0 radical (unpaired) electrons. The summed E-state index contributed by atoms with van der Waals surface area (Å²) in [5, 5.41) is 41.4. The number of hydrogen-bond donors (Lipinski definition) is 6. The van der Waals surface area contributed by atoms with E-state index in [1.165, 1.54) is 54.7 Å². The van der Waals surface area contributed by atoms with Gasteiger partial charge in [-0.1, -0.05) is 73.9 Å². The molecule has 0 aliphatic rings. The van der Waals surface area contributed by atoms with E-state index >= 15 is 0 Å². The zero-order chi connectivity index (χ0) is 48.3. The van der Waals surface area contributed by atoms with Crippen LogP contribution in [0, 0.1) is 20.8 Å². The van der Waals surface area contributed by atoms with Gasteiger partial charge in [0.15, 0.2) is 0 Å². The van der Waals surface area contributed by atoms with E-state index in [0.29, 0.717) is 70.8 Å². The van der Waals surface area contributed by atoms with Gasteiger partial charge in [0.25, 0.3) is 0 Å². The Hall–Kier alpha value is -4.38. The number of carbonyl (C=O) groups excluding carboxylic acids is 3.